The average Bonchev–Trinajstić information content (AvgIpc) is 2.69. The van der Waals surface area contributed by atoms with Crippen LogP contribution in [0, 0.1) is 0 Å². The molecule has 3 aromatic rings. The topological polar surface area (TPSA) is 81.4 Å². The molecule has 3 N–H and O–H groups in total. The number of nitrogen functional groups attached to an aromatic ring is 1. The molecule has 27 heavy (non-hydrogen) atoms. The SMILES string of the molecule is C[C@@H](OC(=O)c1ccc(N)cc1)C(=O)Nc1ccccc1-c1ccccc1. The van der Waals surface area contributed by atoms with Crippen molar-refractivity contribution in [2.45, 2.75) is 13.0 Å². The van der Waals surface area contributed by atoms with Gasteiger partial charge in [-0.15, -0.1) is 0 Å². The minimum atomic E-state index is -0.945. The third kappa shape index (κ3) is 4.52. The van der Waals surface area contributed by atoms with Crippen molar-refractivity contribution in [2.24, 2.45) is 0 Å². The van der Waals surface area contributed by atoms with Gasteiger partial charge in [-0.1, -0.05) is 48.5 Å². The second-order valence-corrected chi connectivity index (χ2v) is 6.07. The van der Waals surface area contributed by atoms with Gasteiger partial charge in [0.2, 0.25) is 0 Å². The first-order valence-corrected chi connectivity index (χ1v) is 8.56. The second-order valence-electron chi connectivity index (χ2n) is 6.07. The fraction of sp³-hybridized carbons (Fsp3) is 0.0909. The van der Waals surface area contributed by atoms with Crippen LogP contribution in [0.2, 0.25) is 0 Å². The Morgan fingerprint density at radius 3 is 2.22 bits per heavy atom. The molecule has 136 valence electrons. The summed E-state index contributed by atoms with van der Waals surface area (Å²) in [5, 5.41) is 2.84. The molecule has 3 aromatic carbocycles. The highest BCUT2D eigenvalue weighted by molar-refractivity contribution is 6.00. The molecular weight excluding hydrogens is 340 g/mol. The molecule has 3 rings (SSSR count). The molecule has 0 spiro atoms. The second kappa shape index (κ2) is 8.19. The number of hydrogen-bond donors (Lipinski definition) is 2. The maximum absolute atomic E-state index is 12.5. The number of rotatable bonds is 5. The Labute approximate surface area is 157 Å². The Morgan fingerprint density at radius 1 is 0.889 bits per heavy atom. The van der Waals surface area contributed by atoms with Crippen LogP contribution >= 0.6 is 0 Å². The predicted octanol–water partition coefficient (Wildman–Crippen LogP) is 4.12. The van der Waals surface area contributed by atoms with Gasteiger partial charge in [0.1, 0.15) is 0 Å². The van der Waals surface area contributed by atoms with Crippen molar-refractivity contribution in [2.75, 3.05) is 11.1 Å². The molecule has 0 aromatic heterocycles. The van der Waals surface area contributed by atoms with Gasteiger partial charge in [0.05, 0.1) is 5.56 Å². The van der Waals surface area contributed by atoms with Crippen LogP contribution in [0.4, 0.5) is 11.4 Å². The van der Waals surface area contributed by atoms with E-state index in [0.29, 0.717) is 16.9 Å². The number of carbonyl (C=O) groups is 2. The standard InChI is InChI=1S/C22H20N2O3/c1-15(27-22(26)17-11-13-18(23)14-12-17)21(25)24-20-10-6-5-9-19(20)16-7-3-2-4-8-16/h2-15H,23H2,1H3,(H,24,25)/t15-/m1/s1. The molecule has 5 nitrogen and oxygen atoms in total. The van der Waals surface area contributed by atoms with E-state index in [1.54, 1.807) is 24.3 Å². The molecule has 0 fully saturated rings. The van der Waals surface area contributed by atoms with Crippen molar-refractivity contribution >= 4 is 23.3 Å². The summed E-state index contributed by atoms with van der Waals surface area (Å²) < 4.78 is 5.26. The highest BCUT2D eigenvalue weighted by atomic mass is 16.5. The molecule has 0 saturated heterocycles. The maximum atomic E-state index is 12.5. The molecule has 0 unspecified atom stereocenters. The van der Waals surface area contributed by atoms with Crippen molar-refractivity contribution in [1.82, 2.24) is 0 Å². The third-order valence-electron chi connectivity index (χ3n) is 4.07. The van der Waals surface area contributed by atoms with E-state index in [1.165, 1.54) is 6.92 Å². The van der Waals surface area contributed by atoms with Gasteiger partial charge in [0.15, 0.2) is 6.10 Å². The predicted molar refractivity (Wildman–Crippen MR) is 106 cm³/mol. The third-order valence-corrected chi connectivity index (χ3v) is 4.07. The number of ether oxygens (including phenoxy) is 1. The van der Waals surface area contributed by atoms with E-state index in [2.05, 4.69) is 5.32 Å². The Balaban J connectivity index is 1.70. The highest BCUT2D eigenvalue weighted by Gasteiger charge is 2.20. The van der Waals surface area contributed by atoms with E-state index in [4.69, 9.17) is 10.5 Å². The molecule has 0 aliphatic rings. The molecular formula is C22H20N2O3. The number of benzene rings is 3. The first kappa shape index (κ1) is 18.2. The Kier molecular flexibility index (Phi) is 5.52. The summed E-state index contributed by atoms with van der Waals surface area (Å²) in [6.45, 7) is 1.54. The maximum Gasteiger partial charge on any atom is 0.338 e. The van der Waals surface area contributed by atoms with Gasteiger partial charge in [-0.3, -0.25) is 4.79 Å². The summed E-state index contributed by atoms with van der Waals surface area (Å²) in [5.74, 6) is -0.976. The number of amides is 1. The van der Waals surface area contributed by atoms with Crippen molar-refractivity contribution in [3.8, 4) is 11.1 Å². The van der Waals surface area contributed by atoms with Crippen molar-refractivity contribution in [1.29, 1.82) is 0 Å². The van der Waals surface area contributed by atoms with E-state index in [1.807, 2.05) is 54.6 Å². The van der Waals surface area contributed by atoms with Crippen molar-refractivity contribution in [3.63, 3.8) is 0 Å². The quantitative estimate of drug-likeness (QED) is 0.530. The number of anilines is 2. The van der Waals surface area contributed by atoms with Crippen LogP contribution in [0.25, 0.3) is 11.1 Å². The smallest absolute Gasteiger partial charge is 0.338 e. The van der Waals surface area contributed by atoms with Gasteiger partial charge in [-0.2, -0.15) is 0 Å². The van der Waals surface area contributed by atoms with Crippen LogP contribution in [0.1, 0.15) is 17.3 Å². The molecule has 0 bridgehead atoms. The van der Waals surface area contributed by atoms with E-state index < -0.39 is 18.0 Å². The first-order chi connectivity index (χ1) is 13.0. The van der Waals surface area contributed by atoms with E-state index in [9.17, 15) is 9.59 Å². The summed E-state index contributed by atoms with van der Waals surface area (Å²) in [7, 11) is 0. The van der Waals surface area contributed by atoms with Gasteiger partial charge >= 0.3 is 5.97 Å². The summed E-state index contributed by atoms with van der Waals surface area (Å²) in [6.07, 6.45) is -0.945. The zero-order chi connectivity index (χ0) is 19.2. The van der Waals surface area contributed by atoms with Gasteiger partial charge in [-0.05, 0) is 42.8 Å². The minimum Gasteiger partial charge on any atom is -0.449 e. The number of nitrogens with two attached hydrogens (primary N) is 1. The fourth-order valence-electron chi connectivity index (χ4n) is 2.60. The zero-order valence-corrected chi connectivity index (χ0v) is 14.9. The molecule has 1 atom stereocenters. The van der Waals surface area contributed by atoms with Crippen molar-refractivity contribution in [3.05, 3.63) is 84.4 Å². The summed E-state index contributed by atoms with van der Waals surface area (Å²) in [4.78, 5) is 24.7. The van der Waals surface area contributed by atoms with Gasteiger partial charge < -0.3 is 15.8 Å². The normalized spacial score (nSPS) is 11.4. The number of para-hydroxylation sites is 1. The van der Waals surface area contributed by atoms with Gasteiger partial charge in [-0.25, -0.2) is 4.79 Å². The van der Waals surface area contributed by atoms with E-state index in [0.717, 1.165) is 11.1 Å². The lowest BCUT2D eigenvalue weighted by atomic mass is 10.0. The minimum absolute atomic E-state index is 0.341. The van der Waals surface area contributed by atoms with Gasteiger partial charge in [0.25, 0.3) is 5.91 Å². The monoisotopic (exact) mass is 360 g/mol. The summed E-state index contributed by atoms with van der Waals surface area (Å²) in [6, 6.07) is 23.6. The first-order valence-electron chi connectivity index (χ1n) is 8.56. The molecule has 5 heteroatoms. The largest absolute Gasteiger partial charge is 0.449 e. The van der Waals surface area contributed by atoms with Gasteiger partial charge in [0, 0.05) is 16.9 Å². The Morgan fingerprint density at radius 2 is 1.52 bits per heavy atom. The summed E-state index contributed by atoms with van der Waals surface area (Å²) >= 11 is 0. The number of hydrogen-bond acceptors (Lipinski definition) is 4. The summed E-state index contributed by atoms with van der Waals surface area (Å²) in [5.41, 5.74) is 9.03. The Bertz CT molecular complexity index is 937. The number of carbonyl (C=O) groups excluding carboxylic acids is 2. The van der Waals surface area contributed by atoms with Crippen LogP contribution in [0.5, 0.6) is 0 Å². The highest BCUT2D eigenvalue weighted by Crippen LogP contribution is 2.27. The zero-order valence-electron chi connectivity index (χ0n) is 14.9. The van der Waals surface area contributed by atoms with E-state index >= 15 is 0 Å². The lowest BCUT2D eigenvalue weighted by molar-refractivity contribution is -0.123. The average molecular weight is 360 g/mol. The Hall–Kier alpha value is -3.60. The molecule has 0 saturated carbocycles. The van der Waals surface area contributed by atoms with Crippen LogP contribution in [-0.4, -0.2) is 18.0 Å². The van der Waals surface area contributed by atoms with Crippen LogP contribution < -0.4 is 11.1 Å². The number of esters is 1. The van der Waals surface area contributed by atoms with Crippen LogP contribution in [-0.2, 0) is 9.53 Å². The van der Waals surface area contributed by atoms with Crippen LogP contribution in [0.15, 0.2) is 78.9 Å². The molecule has 0 heterocycles. The molecule has 1 amide bonds. The van der Waals surface area contributed by atoms with Crippen LogP contribution in [0.3, 0.4) is 0 Å². The lowest BCUT2D eigenvalue weighted by Gasteiger charge is -2.16. The molecule has 0 radical (unpaired) electrons. The molecule has 0 aliphatic carbocycles. The lowest BCUT2D eigenvalue weighted by Crippen LogP contribution is -2.30. The molecule has 0 aliphatic heterocycles. The van der Waals surface area contributed by atoms with Crippen molar-refractivity contribution < 1.29 is 14.3 Å². The fourth-order valence-corrected chi connectivity index (χ4v) is 2.60. The number of nitrogens with one attached hydrogen (secondary N) is 1. The van der Waals surface area contributed by atoms with E-state index in [-0.39, 0.29) is 0 Å².